The van der Waals surface area contributed by atoms with Crippen molar-refractivity contribution in [2.45, 2.75) is 19.1 Å². The molecular formula is C16H20ClN3O2. The van der Waals surface area contributed by atoms with Crippen molar-refractivity contribution in [3.63, 3.8) is 0 Å². The topological polar surface area (TPSA) is 57.4 Å². The second kappa shape index (κ2) is 6.28. The molecule has 1 aromatic carbocycles. The number of nitrogens with zero attached hydrogens (tertiary/aromatic N) is 1. The Morgan fingerprint density at radius 3 is 3.00 bits per heavy atom. The average molecular weight is 322 g/mol. The van der Waals surface area contributed by atoms with Gasteiger partial charge in [0.15, 0.2) is 0 Å². The molecule has 1 aliphatic heterocycles. The fourth-order valence-electron chi connectivity index (χ4n) is 2.96. The van der Waals surface area contributed by atoms with E-state index in [2.05, 4.69) is 22.1 Å². The number of likely N-dealkylation sites (tertiary alicyclic amines) is 1. The van der Waals surface area contributed by atoms with Crippen LogP contribution in [0.4, 0.5) is 0 Å². The third-order valence-corrected chi connectivity index (χ3v) is 4.47. The highest BCUT2D eigenvalue weighted by Gasteiger charge is 2.33. The second-order valence-electron chi connectivity index (χ2n) is 5.62. The molecule has 0 bridgehead atoms. The molecule has 0 radical (unpaired) electrons. The van der Waals surface area contributed by atoms with Crippen molar-refractivity contribution in [3.05, 3.63) is 35.0 Å². The molecule has 6 heteroatoms. The lowest BCUT2D eigenvalue weighted by Crippen LogP contribution is -2.43. The van der Waals surface area contributed by atoms with E-state index in [-0.39, 0.29) is 18.1 Å². The summed E-state index contributed by atoms with van der Waals surface area (Å²) in [7, 11) is 1.69. The molecule has 5 nitrogen and oxygen atoms in total. The van der Waals surface area contributed by atoms with Crippen LogP contribution in [0.3, 0.4) is 0 Å². The van der Waals surface area contributed by atoms with E-state index in [1.807, 2.05) is 18.2 Å². The Balaban J connectivity index is 1.75. The largest absolute Gasteiger partial charge is 0.378 e. The highest BCUT2D eigenvalue weighted by atomic mass is 35.5. The summed E-state index contributed by atoms with van der Waals surface area (Å²) in [6.45, 7) is 4.72. The number of halogens is 1. The number of benzene rings is 1. The molecule has 0 spiro atoms. The van der Waals surface area contributed by atoms with Gasteiger partial charge in [0, 0.05) is 36.1 Å². The van der Waals surface area contributed by atoms with Gasteiger partial charge in [0.1, 0.15) is 5.69 Å². The molecule has 2 N–H and O–H groups in total. The van der Waals surface area contributed by atoms with Gasteiger partial charge >= 0.3 is 0 Å². The van der Waals surface area contributed by atoms with Gasteiger partial charge in [-0.25, -0.2) is 0 Å². The van der Waals surface area contributed by atoms with Crippen molar-refractivity contribution in [3.8, 4) is 0 Å². The van der Waals surface area contributed by atoms with Gasteiger partial charge in [0.05, 0.1) is 12.1 Å². The number of carbonyl (C=O) groups excluding carboxylic acids is 1. The maximum Gasteiger partial charge on any atom is 0.268 e. The van der Waals surface area contributed by atoms with Crippen LogP contribution in [-0.2, 0) is 4.74 Å². The molecular weight excluding hydrogens is 302 g/mol. The normalized spacial score (nSPS) is 22.3. The molecule has 2 atom stereocenters. The number of likely N-dealkylation sites (N-methyl/N-ethyl adjacent to an activating group) is 1. The lowest BCUT2D eigenvalue weighted by Gasteiger charge is -2.18. The lowest BCUT2D eigenvalue weighted by molar-refractivity contribution is 0.0759. The van der Waals surface area contributed by atoms with E-state index >= 15 is 0 Å². The third kappa shape index (κ3) is 2.97. The molecule has 0 aliphatic carbocycles. The Morgan fingerprint density at radius 1 is 1.45 bits per heavy atom. The van der Waals surface area contributed by atoms with Gasteiger partial charge in [-0.1, -0.05) is 18.5 Å². The minimum absolute atomic E-state index is 0.00690. The van der Waals surface area contributed by atoms with Gasteiger partial charge in [-0.05, 0) is 30.8 Å². The molecule has 1 unspecified atom stereocenters. The predicted octanol–water partition coefficient (Wildman–Crippen LogP) is 2.27. The molecule has 22 heavy (non-hydrogen) atoms. The molecule has 118 valence electrons. The number of aromatic nitrogens is 1. The third-order valence-electron chi connectivity index (χ3n) is 4.24. The van der Waals surface area contributed by atoms with Crippen molar-refractivity contribution >= 4 is 28.4 Å². The summed E-state index contributed by atoms with van der Waals surface area (Å²) >= 11 is 5.98. The van der Waals surface area contributed by atoms with E-state index in [9.17, 15) is 4.79 Å². The quantitative estimate of drug-likeness (QED) is 0.908. The summed E-state index contributed by atoms with van der Waals surface area (Å²) in [5.74, 6) is -0.114. The summed E-state index contributed by atoms with van der Waals surface area (Å²) in [5.41, 5.74) is 1.45. The van der Waals surface area contributed by atoms with E-state index in [1.165, 1.54) is 0 Å². The van der Waals surface area contributed by atoms with Gasteiger partial charge in [0.2, 0.25) is 0 Å². The van der Waals surface area contributed by atoms with Crippen LogP contribution in [-0.4, -0.2) is 54.7 Å². The first kappa shape index (κ1) is 15.3. The standard InChI is InChI=1S/C16H20ClN3O2/c1-3-20-8-14(15(9-20)22-2)19-16(21)13-7-10-6-11(17)4-5-12(10)18-13/h4-7,14-15,18H,3,8-9H2,1-2H3,(H,19,21)/t14?,15-/m0/s1. The lowest BCUT2D eigenvalue weighted by atomic mass is 10.2. The number of rotatable bonds is 4. The maximum absolute atomic E-state index is 12.5. The number of hydrogen-bond acceptors (Lipinski definition) is 3. The van der Waals surface area contributed by atoms with Gasteiger partial charge in [-0.3, -0.25) is 9.69 Å². The van der Waals surface area contributed by atoms with Gasteiger partial charge in [0.25, 0.3) is 5.91 Å². The molecule has 1 aliphatic rings. The molecule has 3 rings (SSSR count). The predicted molar refractivity (Wildman–Crippen MR) is 87.5 cm³/mol. The summed E-state index contributed by atoms with van der Waals surface area (Å²) < 4.78 is 5.48. The average Bonchev–Trinajstić information content (AvgIpc) is 3.10. The first-order valence-electron chi connectivity index (χ1n) is 7.45. The summed E-state index contributed by atoms with van der Waals surface area (Å²) in [4.78, 5) is 17.9. The van der Waals surface area contributed by atoms with Crippen LogP contribution in [0.15, 0.2) is 24.3 Å². The Hall–Kier alpha value is -1.56. The van der Waals surface area contributed by atoms with Crippen LogP contribution in [0.1, 0.15) is 17.4 Å². The first-order valence-corrected chi connectivity index (χ1v) is 7.82. The van der Waals surface area contributed by atoms with Gasteiger partial charge < -0.3 is 15.0 Å². The SMILES string of the molecule is CCN1CC(NC(=O)c2cc3cc(Cl)ccc3[nH]2)[C@@H](OC)C1. The van der Waals surface area contributed by atoms with Crippen LogP contribution in [0.5, 0.6) is 0 Å². The van der Waals surface area contributed by atoms with Gasteiger partial charge in [-0.15, -0.1) is 0 Å². The number of carbonyl (C=O) groups is 1. The number of aromatic amines is 1. The Kier molecular flexibility index (Phi) is 4.38. The number of nitrogens with one attached hydrogen (secondary N) is 2. The Morgan fingerprint density at radius 2 is 2.27 bits per heavy atom. The second-order valence-corrected chi connectivity index (χ2v) is 6.06. The van der Waals surface area contributed by atoms with Gasteiger partial charge in [-0.2, -0.15) is 0 Å². The van der Waals surface area contributed by atoms with E-state index in [0.717, 1.165) is 30.5 Å². The molecule has 1 aromatic heterocycles. The Bertz CT molecular complexity index is 685. The number of hydrogen-bond donors (Lipinski definition) is 2. The first-order chi connectivity index (χ1) is 10.6. The highest BCUT2D eigenvalue weighted by molar-refractivity contribution is 6.31. The minimum Gasteiger partial charge on any atom is -0.378 e. The maximum atomic E-state index is 12.5. The molecule has 2 heterocycles. The summed E-state index contributed by atoms with van der Waals surface area (Å²) in [5, 5.41) is 4.66. The monoisotopic (exact) mass is 321 g/mol. The molecule has 2 aromatic rings. The van der Waals surface area contributed by atoms with Crippen molar-refractivity contribution in [1.82, 2.24) is 15.2 Å². The van der Waals surface area contributed by atoms with E-state index in [0.29, 0.717) is 10.7 Å². The van der Waals surface area contributed by atoms with E-state index < -0.39 is 0 Å². The number of amides is 1. The number of methoxy groups -OCH3 is 1. The fourth-order valence-corrected chi connectivity index (χ4v) is 3.14. The van der Waals surface area contributed by atoms with Crippen molar-refractivity contribution in [1.29, 1.82) is 0 Å². The highest BCUT2D eigenvalue weighted by Crippen LogP contribution is 2.20. The van der Waals surface area contributed by atoms with Crippen molar-refractivity contribution in [2.75, 3.05) is 26.7 Å². The van der Waals surface area contributed by atoms with E-state index in [4.69, 9.17) is 16.3 Å². The number of fused-ring (bicyclic) bond motifs is 1. The molecule has 1 amide bonds. The van der Waals surface area contributed by atoms with Crippen molar-refractivity contribution < 1.29 is 9.53 Å². The zero-order valence-electron chi connectivity index (χ0n) is 12.7. The van der Waals surface area contributed by atoms with Crippen molar-refractivity contribution in [2.24, 2.45) is 0 Å². The van der Waals surface area contributed by atoms with Crippen LogP contribution >= 0.6 is 11.6 Å². The molecule has 0 saturated carbocycles. The van der Waals surface area contributed by atoms with Crippen LogP contribution in [0.25, 0.3) is 10.9 Å². The smallest absolute Gasteiger partial charge is 0.268 e. The Labute approximate surface area is 134 Å². The molecule has 1 fully saturated rings. The van der Waals surface area contributed by atoms with Crippen LogP contribution < -0.4 is 5.32 Å². The number of ether oxygens (including phenoxy) is 1. The van der Waals surface area contributed by atoms with E-state index in [1.54, 1.807) is 13.2 Å². The summed E-state index contributed by atoms with van der Waals surface area (Å²) in [6, 6.07) is 7.36. The minimum atomic E-state index is -0.114. The summed E-state index contributed by atoms with van der Waals surface area (Å²) in [6.07, 6.45) is 0.0303. The van der Waals surface area contributed by atoms with Crippen LogP contribution in [0.2, 0.25) is 5.02 Å². The van der Waals surface area contributed by atoms with Crippen LogP contribution in [0, 0.1) is 0 Å². The zero-order valence-corrected chi connectivity index (χ0v) is 13.5. The fraction of sp³-hybridized carbons (Fsp3) is 0.438. The zero-order chi connectivity index (χ0) is 15.7. The molecule has 1 saturated heterocycles. The number of H-pyrrole nitrogens is 1.